The Morgan fingerprint density at radius 3 is 2.75 bits per heavy atom. The first-order valence-electron chi connectivity index (χ1n) is 10.7. The molecule has 0 fully saturated rings. The van der Waals surface area contributed by atoms with Crippen LogP contribution in [0.3, 0.4) is 0 Å². The zero-order valence-corrected chi connectivity index (χ0v) is 19.9. The Hall–Kier alpha value is -3.11. The van der Waals surface area contributed by atoms with E-state index in [0.29, 0.717) is 41.0 Å². The molecule has 0 saturated carbocycles. The fourth-order valence-corrected chi connectivity index (χ4v) is 4.01. The smallest absolute Gasteiger partial charge is 0.270 e. The number of ether oxygens (including phenoxy) is 1. The van der Waals surface area contributed by atoms with Gasteiger partial charge in [-0.05, 0) is 12.5 Å². The summed E-state index contributed by atoms with van der Waals surface area (Å²) in [4.78, 5) is 32.5. The molecule has 0 atom stereocenters. The molecule has 0 unspecified atom stereocenters. The molecule has 0 bridgehead atoms. The summed E-state index contributed by atoms with van der Waals surface area (Å²) >= 11 is 0. The van der Waals surface area contributed by atoms with Crippen LogP contribution >= 0.6 is 0 Å². The Bertz CT molecular complexity index is 1120. The average Bonchev–Trinajstić information content (AvgIpc) is 3.13. The van der Waals surface area contributed by atoms with Crippen molar-refractivity contribution in [3.8, 4) is 11.3 Å². The molecule has 9 nitrogen and oxygen atoms in total. The van der Waals surface area contributed by atoms with E-state index in [0.717, 1.165) is 12.5 Å². The van der Waals surface area contributed by atoms with Crippen molar-refractivity contribution in [3.05, 3.63) is 52.5 Å². The Morgan fingerprint density at radius 2 is 2.06 bits per heavy atom. The fraction of sp³-hybridized carbons (Fsp3) is 0.409. The minimum Gasteiger partial charge on any atom is -0.361 e. The normalized spacial score (nSPS) is 11.6. The summed E-state index contributed by atoms with van der Waals surface area (Å²) in [5, 5.41) is 14.7. The van der Waals surface area contributed by atoms with Gasteiger partial charge in [0, 0.05) is 45.1 Å². The summed E-state index contributed by atoms with van der Waals surface area (Å²) in [5.74, 6) is -0.237. The minimum atomic E-state index is -1.22. The molecule has 2 aromatic heterocycles. The van der Waals surface area contributed by atoms with Gasteiger partial charge in [-0.3, -0.25) is 14.9 Å². The molecule has 0 spiro atoms. The second-order valence-corrected chi connectivity index (χ2v) is 14.5. The van der Waals surface area contributed by atoms with E-state index >= 15 is 0 Å². The molecule has 170 valence electrons. The highest BCUT2D eigenvalue weighted by molar-refractivity contribution is 6.76. The number of amides is 1. The second-order valence-electron chi connectivity index (χ2n) is 8.84. The lowest BCUT2D eigenvalue weighted by Gasteiger charge is -2.15. The maximum Gasteiger partial charge on any atom is 0.270 e. The molecule has 1 amide bonds. The van der Waals surface area contributed by atoms with E-state index in [-0.39, 0.29) is 18.3 Å². The van der Waals surface area contributed by atoms with Crippen molar-refractivity contribution < 1.29 is 14.5 Å². The van der Waals surface area contributed by atoms with Crippen molar-refractivity contribution in [2.45, 2.75) is 45.8 Å². The number of aromatic nitrogens is 3. The van der Waals surface area contributed by atoms with Crippen molar-refractivity contribution in [3.63, 3.8) is 0 Å². The number of nitrogens with one attached hydrogen (secondary N) is 1. The molecular formula is C22H29N5O4Si. The number of nitro groups is 1. The summed E-state index contributed by atoms with van der Waals surface area (Å²) < 4.78 is 7.69. The van der Waals surface area contributed by atoms with Crippen LogP contribution < -0.4 is 5.32 Å². The van der Waals surface area contributed by atoms with Gasteiger partial charge in [-0.2, -0.15) is 0 Å². The molecule has 0 radical (unpaired) electrons. The highest BCUT2D eigenvalue weighted by Gasteiger charge is 2.22. The number of carbonyl (C=O) groups is 1. The number of carbonyl (C=O) groups excluding carboxylic acids is 1. The van der Waals surface area contributed by atoms with Gasteiger partial charge in [0.05, 0.1) is 21.6 Å². The third-order valence-corrected chi connectivity index (χ3v) is 6.70. The van der Waals surface area contributed by atoms with E-state index in [9.17, 15) is 14.9 Å². The number of rotatable bonds is 10. The Balaban J connectivity index is 2.05. The van der Waals surface area contributed by atoms with Crippen LogP contribution in [0.5, 0.6) is 0 Å². The highest BCUT2D eigenvalue weighted by Crippen LogP contribution is 2.31. The zero-order valence-electron chi connectivity index (χ0n) is 18.9. The number of hydrogen-bond donors (Lipinski definition) is 1. The lowest BCUT2D eigenvalue weighted by atomic mass is 10.1. The zero-order chi connectivity index (χ0) is 23.3. The van der Waals surface area contributed by atoms with E-state index in [2.05, 4.69) is 34.9 Å². The van der Waals surface area contributed by atoms with E-state index in [1.807, 2.05) is 6.92 Å². The Morgan fingerprint density at radius 1 is 1.28 bits per heavy atom. The highest BCUT2D eigenvalue weighted by atomic mass is 28.3. The molecule has 1 N–H and O–H groups in total. The molecule has 10 heteroatoms. The van der Waals surface area contributed by atoms with Crippen molar-refractivity contribution in [1.29, 1.82) is 0 Å². The van der Waals surface area contributed by atoms with Crippen LogP contribution in [0.15, 0.2) is 36.8 Å². The van der Waals surface area contributed by atoms with Gasteiger partial charge in [-0.25, -0.2) is 9.97 Å². The van der Waals surface area contributed by atoms with Crippen LogP contribution in [0.1, 0.15) is 23.7 Å². The summed E-state index contributed by atoms with van der Waals surface area (Å²) in [6.07, 6.45) is 3.93. The van der Waals surface area contributed by atoms with E-state index in [1.165, 1.54) is 18.5 Å². The summed E-state index contributed by atoms with van der Waals surface area (Å²) in [5.41, 5.74) is 1.95. The fourth-order valence-electron chi connectivity index (χ4n) is 3.25. The standard InChI is InChI=1S/C22H29N5O4Si/c1-5-9-23-22(28)18-13-26(15-31-10-11-32(2,3)4)21-19(18)20(24-14-25-21)16-7-6-8-17(12-16)27(29)30/h6-8,12-14H,5,9-11,15H2,1-4H3,(H,23,28). The van der Waals surface area contributed by atoms with Gasteiger partial charge in [0.25, 0.3) is 11.6 Å². The van der Waals surface area contributed by atoms with Crippen LogP contribution in [0.2, 0.25) is 25.7 Å². The van der Waals surface area contributed by atoms with Gasteiger partial charge in [0.2, 0.25) is 0 Å². The molecule has 2 heterocycles. The monoisotopic (exact) mass is 455 g/mol. The van der Waals surface area contributed by atoms with Gasteiger partial charge in [-0.15, -0.1) is 0 Å². The van der Waals surface area contributed by atoms with Crippen LogP contribution in [0.4, 0.5) is 5.69 Å². The first kappa shape index (κ1) is 23.5. The van der Waals surface area contributed by atoms with Gasteiger partial charge in [0.1, 0.15) is 18.7 Å². The Labute approximate surface area is 188 Å². The molecule has 0 aliphatic rings. The van der Waals surface area contributed by atoms with Crippen molar-refractivity contribution >= 4 is 30.7 Å². The number of nitrogens with zero attached hydrogens (tertiary/aromatic N) is 4. The molecular weight excluding hydrogens is 426 g/mol. The minimum absolute atomic E-state index is 0.0413. The summed E-state index contributed by atoms with van der Waals surface area (Å²) in [6, 6.07) is 7.26. The second kappa shape index (κ2) is 10.0. The average molecular weight is 456 g/mol. The number of non-ortho nitro benzene ring substituents is 1. The van der Waals surface area contributed by atoms with Gasteiger partial charge < -0.3 is 14.6 Å². The van der Waals surface area contributed by atoms with Gasteiger partial charge >= 0.3 is 0 Å². The molecule has 0 aliphatic heterocycles. The quantitative estimate of drug-likeness (QED) is 0.209. The van der Waals surface area contributed by atoms with E-state index < -0.39 is 13.0 Å². The van der Waals surface area contributed by atoms with Gasteiger partial charge in [0.15, 0.2) is 0 Å². The molecule has 1 aromatic carbocycles. The van der Waals surface area contributed by atoms with Gasteiger partial charge in [-0.1, -0.05) is 38.7 Å². The largest absolute Gasteiger partial charge is 0.361 e. The lowest BCUT2D eigenvalue weighted by Crippen LogP contribution is -2.24. The number of nitro benzene ring substituents is 1. The third kappa shape index (κ3) is 5.57. The SMILES string of the molecule is CCCNC(=O)c1cn(COCC[Si](C)(C)C)c2ncnc(-c3cccc([N+](=O)[O-])c3)c12. The maximum absolute atomic E-state index is 12.9. The first-order chi connectivity index (χ1) is 15.2. The van der Waals surface area contributed by atoms with Crippen molar-refractivity contribution in [2.75, 3.05) is 13.2 Å². The number of fused-ring (bicyclic) bond motifs is 1. The molecule has 0 saturated heterocycles. The maximum atomic E-state index is 12.9. The Kier molecular flexibility index (Phi) is 7.36. The molecule has 0 aliphatic carbocycles. The van der Waals surface area contributed by atoms with Crippen LogP contribution in [-0.4, -0.2) is 46.6 Å². The molecule has 3 aromatic rings. The lowest BCUT2D eigenvalue weighted by molar-refractivity contribution is -0.384. The predicted octanol–water partition coefficient (Wildman–Crippen LogP) is 4.46. The van der Waals surface area contributed by atoms with Crippen LogP contribution in [0.25, 0.3) is 22.3 Å². The topological polar surface area (TPSA) is 112 Å². The first-order valence-corrected chi connectivity index (χ1v) is 14.4. The molecule has 3 rings (SSSR count). The molecule has 32 heavy (non-hydrogen) atoms. The summed E-state index contributed by atoms with van der Waals surface area (Å²) in [6.45, 7) is 10.3. The van der Waals surface area contributed by atoms with Crippen molar-refractivity contribution in [1.82, 2.24) is 19.9 Å². The van der Waals surface area contributed by atoms with Crippen molar-refractivity contribution in [2.24, 2.45) is 0 Å². The predicted molar refractivity (Wildman–Crippen MR) is 126 cm³/mol. The van der Waals surface area contributed by atoms with E-state index in [1.54, 1.807) is 22.9 Å². The summed E-state index contributed by atoms with van der Waals surface area (Å²) in [7, 11) is -1.22. The third-order valence-electron chi connectivity index (χ3n) is 4.99. The van der Waals surface area contributed by atoms with E-state index in [4.69, 9.17) is 4.74 Å². The van der Waals surface area contributed by atoms with Crippen LogP contribution in [-0.2, 0) is 11.5 Å². The number of benzene rings is 1. The van der Waals surface area contributed by atoms with Crippen LogP contribution in [0, 0.1) is 10.1 Å². The number of hydrogen-bond acceptors (Lipinski definition) is 6.